The van der Waals surface area contributed by atoms with Gasteiger partial charge in [-0.25, -0.2) is 9.59 Å². The summed E-state index contributed by atoms with van der Waals surface area (Å²) in [7, 11) is 1.27. The minimum absolute atomic E-state index is 0.459. The van der Waals surface area contributed by atoms with Crippen LogP contribution in [-0.2, 0) is 19.0 Å². The molecule has 6 nitrogen and oxygen atoms in total. The van der Waals surface area contributed by atoms with Crippen LogP contribution in [0.4, 0.5) is 5.00 Å². The Kier molecular flexibility index (Phi) is 5.90. The van der Waals surface area contributed by atoms with Gasteiger partial charge < -0.3 is 19.1 Å². The van der Waals surface area contributed by atoms with Crippen LogP contribution in [0, 0.1) is 0 Å². The molecule has 0 aliphatic carbocycles. The lowest BCUT2D eigenvalue weighted by Crippen LogP contribution is -2.35. The van der Waals surface area contributed by atoms with Crippen LogP contribution in [0.2, 0.25) is 0 Å². The molecule has 1 fully saturated rings. The van der Waals surface area contributed by atoms with Crippen molar-refractivity contribution in [1.82, 2.24) is 0 Å². The standard InChI is InChI=1S/C19H21NO5S/c1-13(18(21)23-2)25-19(22)16-12-15(14-6-4-3-5-7-14)17(26-16)20-8-10-24-11-9-20/h3-7,12-13H,8-11H2,1-2H3/t13-/m1/s1. The first-order valence-corrected chi connectivity index (χ1v) is 9.22. The third-order valence-electron chi connectivity index (χ3n) is 4.11. The smallest absolute Gasteiger partial charge is 0.349 e. The number of carbonyl (C=O) groups excluding carboxylic acids is 2. The number of ether oxygens (including phenoxy) is 3. The Morgan fingerprint density at radius 1 is 1.19 bits per heavy atom. The minimum atomic E-state index is -0.943. The first kappa shape index (κ1) is 18.4. The number of morpholine rings is 1. The van der Waals surface area contributed by atoms with Gasteiger partial charge in [0.2, 0.25) is 0 Å². The summed E-state index contributed by atoms with van der Waals surface area (Å²) in [6, 6.07) is 11.7. The third kappa shape index (κ3) is 4.05. The van der Waals surface area contributed by atoms with Crippen molar-refractivity contribution >= 4 is 28.3 Å². The van der Waals surface area contributed by atoms with Gasteiger partial charge in [0, 0.05) is 18.7 Å². The summed E-state index contributed by atoms with van der Waals surface area (Å²) in [6.45, 7) is 4.36. The van der Waals surface area contributed by atoms with Crippen molar-refractivity contribution in [3.8, 4) is 11.1 Å². The summed E-state index contributed by atoms with van der Waals surface area (Å²) in [5.41, 5.74) is 2.01. The molecule has 0 amide bonds. The van der Waals surface area contributed by atoms with E-state index in [1.54, 1.807) is 0 Å². The predicted octanol–water partition coefficient (Wildman–Crippen LogP) is 2.97. The molecule has 1 aromatic heterocycles. The summed E-state index contributed by atoms with van der Waals surface area (Å²) in [5.74, 6) is -1.10. The van der Waals surface area contributed by atoms with Gasteiger partial charge in [0.25, 0.3) is 0 Å². The van der Waals surface area contributed by atoms with E-state index < -0.39 is 18.0 Å². The molecule has 0 saturated carbocycles. The normalized spacial score (nSPS) is 15.4. The lowest BCUT2D eigenvalue weighted by atomic mass is 10.1. The number of benzene rings is 1. The number of anilines is 1. The number of rotatable bonds is 5. The third-order valence-corrected chi connectivity index (χ3v) is 5.29. The van der Waals surface area contributed by atoms with Crippen molar-refractivity contribution < 1.29 is 23.8 Å². The number of methoxy groups -OCH3 is 1. The van der Waals surface area contributed by atoms with Crippen molar-refractivity contribution in [1.29, 1.82) is 0 Å². The zero-order valence-electron chi connectivity index (χ0n) is 14.8. The Morgan fingerprint density at radius 2 is 1.88 bits per heavy atom. The van der Waals surface area contributed by atoms with E-state index in [0.29, 0.717) is 18.1 Å². The monoisotopic (exact) mass is 375 g/mol. The predicted molar refractivity (Wildman–Crippen MR) is 99.7 cm³/mol. The molecule has 26 heavy (non-hydrogen) atoms. The SMILES string of the molecule is COC(=O)[C@@H](C)OC(=O)c1cc(-c2ccccc2)c(N2CCOCC2)s1. The molecule has 1 aliphatic heterocycles. The Balaban J connectivity index is 1.90. The second kappa shape index (κ2) is 8.33. The van der Waals surface area contributed by atoms with Crippen LogP contribution in [0.5, 0.6) is 0 Å². The minimum Gasteiger partial charge on any atom is -0.466 e. The zero-order valence-corrected chi connectivity index (χ0v) is 15.6. The molecule has 1 atom stereocenters. The summed E-state index contributed by atoms with van der Waals surface area (Å²) in [6.07, 6.45) is -0.943. The fourth-order valence-electron chi connectivity index (χ4n) is 2.74. The Labute approximate surface area is 156 Å². The van der Waals surface area contributed by atoms with E-state index in [0.717, 1.165) is 29.2 Å². The van der Waals surface area contributed by atoms with Gasteiger partial charge in [-0.05, 0) is 18.6 Å². The lowest BCUT2D eigenvalue weighted by molar-refractivity contribution is -0.149. The highest BCUT2D eigenvalue weighted by atomic mass is 32.1. The van der Waals surface area contributed by atoms with Crippen LogP contribution >= 0.6 is 11.3 Å². The van der Waals surface area contributed by atoms with Gasteiger partial charge in [0.15, 0.2) is 6.10 Å². The Bertz CT molecular complexity index is 767. The van der Waals surface area contributed by atoms with Crippen LogP contribution in [0.15, 0.2) is 36.4 Å². The molecule has 2 aromatic rings. The molecule has 0 unspecified atom stereocenters. The molecule has 7 heteroatoms. The van der Waals surface area contributed by atoms with E-state index in [2.05, 4.69) is 9.64 Å². The Hall–Kier alpha value is -2.38. The average Bonchev–Trinajstić information content (AvgIpc) is 3.14. The van der Waals surface area contributed by atoms with E-state index in [1.807, 2.05) is 36.4 Å². The molecule has 138 valence electrons. The molecule has 0 bridgehead atoms. The number of nitrogens with zero attached hydrogens (tertiary/aromatic N) is 1. The first-order chi connectivity index (χ1) is 12.6. The van der Waals surface area contributed by atoms with Crippen molar-refractivity contribution in [2.24, 2.45) is 0 Å². The van der Waals surface area contributed by atoms with E-state index in [1.165, 1.54) is 25.4 Å². The second-order valence-electron chi connectivity index (χ2n) is 5.87. The van der Waals surface area contributed by atoms with Gasteiger partial charge in [-0.2, -0.15) is 0 Å². The zero-order chi connectivity index (χ0) is 18.5. The van der Waals surface area contributed by atoms with Gasteiger partial charge in [-0.3, -0.25) is 0 Å². The highest BCUT2D eigenvalue weighted by Gasteiger charge is 2.25. The average molecular weight is 375 g/mol. The second-order valence-corrected chi connectivity index (χ2v) is 6.90. The van der Waals surface area contributed by atoms with Gasteiger partial charge in [-0.15, -0.1) is 11.3 Å². The molecule has 0 spiro atoms. The lowest BCUT2D eigenvalue weighted by Gasteiger charge is -2.28. The van der Waals surface area contributed by atoms with Crippen molar-refractivity contribution in [3.63, 3.8) is 0 Å². The number of thiophene rings is 1. The fraction of sp³-hybridized carbons (Fsp3) is 0.368. The van der Waals surface area contributed by atoms with Crippen molar-refractivity contribution in [3.05, 3.63) is 41.3 Å². The molecule has 1 saturated heterocycles. The maximum Gasteiger partial charge on any atom is 0.349 e. The largest absolute Gasteiger partial charge is 0.466 e. The summed E-state index contributed by atoms with van der Waals surface area (Å²) in [4.78, 5) is 26.7. The molecule has 1 aromatic carbocycles. The summed E-state index contributed by atoms with van der Waals surface area (Å²) < 4.78 is 15.3. The van der Waals surface area contributed by atoms with E-state index in [9.17, 15) is 9.59 Å². The van der Waals surface area contributed by atoms with E-state index in [-0.39, 0.29) is 0 Å². The summed E-state index contributed by atoms with van der Waals surface area (Å²) in [5, 5.41) is 1.01. The van der Waals surface area contributed by atoms with Gasteiger partial charge >= 0.3 is 11.9 Å². The van der Waals surface area contributed by atoms with E-state index >= 15 is 0 Å². The molecule has 0 N–H and O–H groups in total. The van der Waals surface area contributed by atoms with Gasteiger partial charge in [-0.1, -0.05) is 30.3 Å². The number of esters is 2. The fourth-order valence-corrected chi connectivity index (χ4v) is 3.86. The molecular formula is C19H21NO5S. The van der Waals surface area contributed by atoms with Crippen molar-refractivity contribution in [2.45, 2.75) is 13.0 Å². The number of hydrogen-bond donors (Lipinski definition) is 0. The van der Waals surface area contributed by atoms with Crippen LogP contribution in [0.1, 0.15) is 16.6 Å². The van der Waals surface area contributed by atoms with Gasteiger partial charge in [0.05, 0.1) is 25.3 Å². The van der Waals surface area contributed by atoms with Crippen LogP contribution in [0.25, 0.3) is 11.1 Å². The van der Waals surface area contributed by atoms with Crippen LogP contribution in [-0.4, -0.2) is 51.5 Å². The molecular weight excluding hydrogens is 354 g/mol. The highest BCUT2D eigenvalue weighted by Crippen LogP contribution is 2.39. The number of carbonyl (C=O) groups is 2. The van der Waals surface area contributed by atoms with Crippen molar-refractivity contribution in [2.75, 3.05) is 38.3 Å². The topological polar surface area (TPSA) is 65.1 Å². The quantitative estimate of drug-likeness (QED) is 0.749. The summed E-state index contributed by atoms with van der Waals surface area (Å²) >= 11 is 1.37. The first-order valence-electron chi connectivity index (χ1n) is 8.41. The molecule has 1 aliphatic rings. The van der Waals surface area contributed by atoms with Crippen LogP contribution in [0.3, 0.4) is 0 Å². The molecule has 2 heterocycles. The maximum absolute atomic E-state index is 12.5. The Morgan fingerprint density at radius 3 is 2.54 bits per heavy atom. The molecule has 3 rings (SSSR count). The van der Waals surface area contributed by atoms with E-state index in [4.69, 9.17) is 9.47 Å². The van der Waals surface area contributed by atoms with Gasteiger partial charge in [0.1, 0.15) is 4.88 Å². The number of hydrogen-bond acceptors (Lipinski definition) is 7. The maximum atomic E-state index is 12.5. The molecule has 0 radical (unpaired) electrons. The van der Waals surface area contributed by atoms with Crippen LogP contribution < -0.4 is 4.90 Å². The highest BCUT2D eigenvalue weighted by molar-refractivity contribution is 7.18.